The molecule has 0 aliphatic rings. The van der Waals surface area contributed by atoms with Crippen molar-refractivity contribution < 1.29 is 18.0 Å². The molecule has 0 aliphatic carbocycles. The van der Waals surface area contributed by atoms with Crippen LogP contribution in [0.4, 0.5) is 13.2 Å². The number of nitrogens with one attached hydrogen (secondary N) is 1. The van der Waals surface area contributed by atoms with Crippen LogP contribution in [0.1, 0.15) is 25.0 Å². The van der Waals surface area contributed by atoms with E-state index in [9.17, 15) is 18.0 Å². The van der Waals surface area contributed by atoms with Crippen LogP contribution in [-0.2, 0) is 17.5 Å². The van der Waals surface area contributed by atoms with Gasteiger partial charge in [0.05, 0.1) is 16.5 Å². The molecule has 7 heteroatoms. The molecule has 3 N–H and O–H groups in total. The highest BCUT2D eigenvalue weighted by molar-refractivity contribution is 7.80. The van der Waals surface area contributed by atoms with Gasteiger partial charge in [-0.15, -0.1) is 0 Å². The van der Waals surface area contributed by atoms with Crippen LogP contribution in [0.5, 0.6) is 0 Å². The minimum atomic E-state index is -4.36. The number of carbonyl (C=O) groups is 1. The average Bonchev–Trinajstić information content (AvgIpc) is 2.35. The van der Waals surface area contributed by atoms with Crippen LogP contribution in [0.15, 0.2) is 24.3 Å². The van der Waals surface area contributed by atoms with E-state index in [1.807, 2.05) is 13.8 Å². The first kappa shape index (κ1) is 17.4. The van der Waals surface area contributed by atoms with Crippen molar-refractivity contribution in [2.75, 3.05) is 0 Å². The third kappa shape index (κ3) is 5.00. The molecule has 0 radical (unpaired) electrons. The molecular weight excluding hydrogens is 301 g/mol. The smallest absolute Gasteiger partial charge is 0.393 e. The molecule has 0 aromatic heterocycles. The minimum absolute atomic E-state index is 0.0462. The number of thiocarbonyl (C=S) groups is 1. The fourth-order valence-electron chi connectivity index (χ4n) is 1.87. The van der Waals surface area contributed by atoms with Gasteiger partial charge < -0.3 is 11.1 Å². The molecule has 21 heavy (non-hydrogen) atoms. The van der Waals surface area contributed by atoms with Crippen LogP contribution < -0.4 is 11.1 Å². The number of halogens is 3. The van der Waals surface area contributed by atoms with E-state index in [4.69, 9.17) is 18.0 Å². The lowest BCUT2D eigenvalue weighted by atomic mass is 9.95. The second-order valence-corrected chi connectivity index (χ2v) is 5.51. The number of amides is 1. The Morgan fingerprint density at radius 3 is 2.19 bits per heavy atom. The van der Waals surface area contributed by atoms with Crippen LogP contribution in [0, 0.1) is 11.8 Å². The maximum absolute atomic E-state index is 12.4. The Bertz CT molecular complexity index is 512. The van der Waals surface area contributed by atoms with E-state index in [2.05, 4.69) is 5.32 Å². The van der Waals surface area contributed by atoms with E-state index in [0.717, 1.165) is 12.1 Å². The Morgan fingerprint density at radius 1 is 1.29 bits per heavy atom. The molecule has 0 aliphatic heterocycles. The van der Waals surface area contributed by atoms with E-state index >= 15 is 0 Å². The van der Waals surface area contributed by atoms with Crippen LogP contribution >= 0.6 is 12.2 Å². The fraction of sp³-hybridized carbons (Fsp3) is 0.429. The Kier molecular flexibility index (Phi) is 5.71. The lowest BCUT2D eigenvalue weighted by molar-refractivity contribution is -0.137. The van der Waals surface area contributed by atoms with Gasteiger partial charge in [-0.25, -0.2) is 0 Å². The standard InChI is InChI=1S/C14H17F3N2OS/c1-8(2)11(12(18)21)13(20)19-7-9-3-5-10(6-4-9)14(15,16)17/h3-6,8,11H,7H2,1-2H3,(H2,18,21)(H,19,20). The highest BCUT2D eigenvalue weighted by Gasteiger charge is 2.30. The minimum Gasteiger partial charge on any atom is -0.393 e. The second kappa shape index (κ2) is 6.89. The molecule has 0 spiro atoms. The van der Waals surface area contributed by atoms with Gasteiger partial charge in [-0.1, -0.05) is 38.2 Å². The molecule has 116 valence electrons. The number of rotatable bonds is 5. The zero-order valence-corrected chi connectivity index (χ0v) is 12.5. The zero-order chi connectivity index (χ0) is 16.2. The average molecular weight is 318 g/mol. The predicted molar refractivity (Wildman–Crippen MR) is 78.4 cm³/mol. The normalized spacial score (nSPS) is 13.0. The number of carbonyl (C=O) groups excluding carboxylic acids is 1. The van der Waals surface area contributed by atoms with Crippen molar-refractivity contribution in [2.24, 2.45) is 17.6 Å². The molecule has 1 rings (SSSR count). The van der Waals surface area contributed by atoms with Crippen LogP contribution in [0.3, 0.4) is 0 Å². The number of nitrogens with two attached hydrogens (primary N) is 1. The summed E-state index contributed by atoms with van der Waals surface area (Å²) in [5, 5.41) is 2.63. The van der Waals surface area contributed by atoms with E-state index in [1.54, 1.807) is 0 Å². The quantitative estimate of drug-likeness (QED) is 0.821. The maximum Gasteiger partial charge on any atom is 0.416 e. The lowest BCUT2D eigenvalue weighted by Crippen LogP contribution is -2.40. The maximum atomic E-state index is 12.4. The van der Waals surface area contributed by atoms with E-state index < -0.39 is 17.7 Å². The zero-order valence-electron chi connectivity index (χ0n) is 11.7. The summed E-state index contributed by atoms with van der Waals surface area (Å²) in [4.78, 5) is 12.1. The molecule has 1 amide bonds. The van der Waals surface area contributed by atoms with Gasteiger partial charge in [-0.3, -0.25) is 4.79 Å². The summed E-state index contributed by atoms with van der Waals surface area (Å²) in [6, 6.07) is 4.62. The summed E-state index contributed by atoms with van der Waals surface area (Å²) in [5.74, 6) is -0.957. The van der Waals surface area contributed by atoms with E-state index in [1.165, 1.54) is 12.1 Å². The molecule has 0 saturated heterocycles. The van der Waals surface area contributed by atoms with Crippen molar-refractivity contribution in [3.63, 3.8) is 0 Å². The van der Waals surface area contributed by atoms with Crippen LogP contribution in [-0.4, -0.2) is 10.9 Å². The number of hydrogen-bond acceptors (Lipinski definition) is 2. The molecule has 0 saturated carbocycles. The van der Waals surface area contributed by atoms with Crippen molar-refractivity contribution >= 4 is 23.1 Å². The largest absolute Gasteiger partial charge is 0.416 e. The van der Waals surface area contributed by atoms with Gasteiger partial charge in [0.2, 0.25) is 5.91 Å². The molecule has 0 heterocycles. The summed E-state index contributed by atoms with van der Waals surface area (Å²) in [6.07, 6.45) is -4.36. The van der Waals surface area contributed by atoms with Crippen molar-refractivity contribution in [1.82, 2.24) is 5.32 Å². The van der Waals surface area contributed by atoms with E-state index in [0.29, 0.717) is 5.56 Å². The summed E-state index contributed by atoms with van der Waals surface area (Å²) in [5.41, 5.74) is 5.37. The topological polar surface area (TPSA) is 55.1 Å². The van der Waals surface area contributed by atoms with E-state index in [-0.39, 0.29) is 23.4 Å². The second-order valence-electron chi connectivity index (χ2n) is 5.04. The van der Waals surface area contributed by atoms with Gasteiger partial charge in [0.15, 0.2) is 0 Å². The van der Waals surface area contributed by atoms with Gasteiger partial charge in [0, 0.05) is 6.54 Å². The lowest BCUT2D eigenvalue weighted by Gasteiger charge is -2.19. The SMILES string of the molecule is CC(C)C(C(=O)NCc1ccc(C(F)(F)F)cc1)C(N)=S. The van der Waals surface area contributed by atoms with Crippen molar-refractivity contribution in [2.45, 2.75) is 26.6 Å². The van der Waals surface area contributed by atoms with Gasteiger partial charge >= 0.3 is 6.18 Å². The van der Waals surface area contributed by atoms with Gasteiger partial charge in [0.25, 0.3) is 0 Å². The molecular formula is C14H17F3N2OS. The van der Waals surface area contributed by atoms with Gasteiger partial charge in [-0.2, -0.15) is 13.2 Å². The Morgan fingerprint density at radius 2 is 1.81 bits per heavy atom. The van der Waals surface area contributed by atoms with Crippen molar-refractivity contribution in [1.29, 1.82) is 0 Å². The third-order valence-electron chi connectivity index (χ3n) is 3.00. The predicted octanol–water partition coefficient (Wildman–Crippen LogP) is 2.88. The Balaban J connectivity index is 2.67. The van der Waals surface area contributed by atoms with Gasteiger partial charge in [0.1, 0.15) is 0 Å². The Labute approximate surface area is 126 Å². The van der Waals surface area contributed by atoms with Crippen LogP contribution in [0.2, 0.25) is 0 Å². The molecule has 1 aromatic rings. The summed E-state index contributed by atoms with van der Waals surface area (Å²) in [6.45, 7) is 3.77. The first-order valence-electron chi connectivity index (χ1n) is 6.36. The monoisotopic (exact) mass is 318 g/mol. The molecule has 1 aromatic carbocycles. The third-order valence-corrected chi connectivity index (χ3v) is 3.26. The first-order valence-corrected chi connectivity index (χ1v) is 6.77. The molecule has 3 nitrogen and oxygen atoms in total. The highest BCUT2D eigenvalue weighted by atomic mass is 32.1. The molecule has 0 bridgehead atoms. The summed E-state index contributed by atoms with van der Waals surface area (Å²) >= 11 is 4.85. The fourth-order valence-corrected chi connectivity index (χ4v) is 2.25. The van der Waals surface area contributed by atoms with Gasteiger partial charge in [-0.05, 0) is 23.6 Å². The summed E-state index contributed by atoms with van der Waals surface area (Å²) in [7, 11) is 0. The molecule has 1 atom stereocenters. The summed E-state index contributed by atoms with van der Waals surface area (Å²) < 4.78 is 37.3. The Hall–Kier alpha value is -1.63. The highest BCUT2D eigenvalue weighted by Crippen LogP contribution is 2.29. The number of alkyl halides is 3. The number of benzene rings is 1. The van der Waals surface area contributed by atoms with Crippen molar-refractivity contribution in [3.8, 4) is 0 Å². The van der Waals surface area contributed by atoms with Crippen LogP contribution in [0.25, 0.3) is 0 Å². The first-order chi connectivity index (χ1) is 9.62. The number of hydrogen-bond donors (Lipinski definition) is 2. The van der Waals surface area contributed by atoms with Crippen molar-refractivity contribution in [3.05, 3.63) is 35.4 Å². The molecule has 0 fully saturated rings. The molecule has 1 unspecified atom stereocenters.